The van der Waals surface area contributed by atoms with Gasteiger partial charge in [-0.1, -0.05) is 12.1 Å². The third-order valence-electron chi connectivity index (χ3n) is 5.09. The van der Waals surface area contributed by atoms with Crippen molar-refractivity contribution in [3.8, 4) is 5.88 Å². The number of rotatable bonds is 6. The number of aromatic nitrogens is 4. The first-order valence-corrected chi connectivity index (χ1v) is 9.75. The van der Waals surface area contributed by atoms with Crippen molar-refractivity contribution in [2.24, 2.45) is 12.1 Å². The van der Waals surface area contributed by atoms with E-state index in [9.17, 15) is 4.79 Å². The number of fused-ring (bicyclic) bond motifs is 1. The van der Waals surface area contributed by atoms with E-state index >= 15 is 0 Å². The number of nitrogens with one attached hydrogen (secondary N) is 1. The molecule has 30 heavy (non-hydrogen) atoms. The second kappa shape index (κ2) is 8.36. The van der Waals surface area contributed by atoms with E-state index in [0.717, 1.165) is 37.0 Å². The summed E-state index contributed by atoms with van der Waals surface area (Å²) in [5, 5.41) is 4.10. The molecule has 3 N–H and O–H groups in total. The summed E-state index contributed by atoms with van der Waals surface area (Å²) in [7, 11) is 3.40. The molecule has 2 aromatic heterocycles. The average molecular weight is 408 g/mol. The molecule has 0 radical (unpaired) electrons. The van der Waals surface area contributed by atoms with Crippen LogP contribution in [0.25, 0.3) is 11.0 Å². The van der Waals surface area contributed by atoms with Crippen molar-refractivity contribution in [2.45, 2.75) is 19.3 Å². The molecule has 0 bridgehead atoms. The van der Waals surface area contributed by atoms with Gasteiger partial charge in [-0.3, -0.25) is 4.79 Å². The maximum Gasteiger partial charge on any atom is 0.247 e. The zero-order chi connectivity index (χ0) is 21.1. The molecule has 10 heteroatoms. The summed E-state index contributed by atoms with van der Waals surface area (Å²) in [5.41, 5.74) is 10.8. The summed E-state index contributed by atoms with van der Waals surface area (Å²) in [5.74, 6) is 1.50. The monoisotopic (exact) mass is 408 g/mol. The highest BCUT2D eigenvalue weighted by molar-refractivity contribution is 5.91. The number of nitrogen functional groups attached to an aromatic ring is 1. The van der Waals surface area contributed by atoms with E-state index in [2.05, 4.69) is 30.4 Å². The van der Waals surface area contributed by atoms with Gasteiger partial charge in [0.2, 0.25) is 17.7 Å². The van der Waals surface area contributed by atoms with E-state index in [-0.39, 0.29) is 18.3 Å². The number of hydrogen-bond donors (Lipinski definition) is 2. The van der Waals surface area contributed by atoms with Crippen LogP contribution < -0.4 is 20.8 Å². The summed E-state index contributed by atoms with van der Waals surface area (Å²) in [4.78, 5) is 27.5. The number of hydrazone groups is 1. The van der Waals surface area contributed by atoms with Crippen LogP contribution in [-0.4, -0.2) is 51.8 Å². The van der Waals surface area contributed by atoms with Crippen molar-refractivity contribution in [2.75, 3.05) is 30.8 Å². The largest absolute Gasteiger partial charge is 0.480 e. The number of imidazole rings is 1. The zero-order valence-corrected chi connectivity index (χ0v) is 17.0. The molecule has 1 aliphatic rings. The van der Waals surface area contributed by atoms with E-state index in [1.807, 2.05) is 35.9 Å². The summed E-state index contributed by atoms with van der Waals surface area (Å²) in [6, 6.07) is 7.75. The van der Waals surface area contributed by atoms with Gasteiger partial charge in [0.1, 0.15) is 11.6 Å². The molecule has 156 valence electrons. The number of carbonyl (C=O) groups is 1. The van der Waals surface area contributed by atoms with Crippen LogP contribution in [-0.2, 0) is 18.3 Å². The highest BCUT2D eigenvalue weighted by atomic mass is 16.5. The van der Waals surface area contributed by atoms with Crippen molar-refractivity contribution >= 4 is 34.9 Å². The van der Waals surface area contributed by atoms with Crippen LogP contribution in [0.4, 0.5) is 11.8 Å². The molecule has 3 heterocycles. The number of anilines is 2. The molecule has 1 aromatic carbocycles. The SMILES string of the molecule is COc1nc(N)nc(N2CCCC2)c1/C=N/NC(=O)Cc1nc2ccccc2n1C. The van der Waals surface area contributed by atoms with Crippen molar-refractivity contribution < 1.29 is 9.53 Å². The molecule has 3 aromatic rings. The summed E-state index contributed by atoms with van der Waals surface area (Å²) in [6.07, 6.45) is 3.77. The number of para-hydroxylation sites is 2. The van der Waals surface area contributed by atoms with Gasteiger partial charge in [0.05, 0.1) is 36.3 Å². The molecule has 1 saturated heterocycles. The van der Waals surface area contributed by atoms with Crippen molar-refractivity contribution in [1.82, 2.24) is 24.9 Å². The quantitative estimate of drug-likeness (QED) is 0.465. The number of nitrogens with two attached hydrogens (primary N) is 1. The molecular formula is C20H24N8O2. The Morgan fingerprint density at radius 1 is 1.27 bits per heavy atom. The van der Waals surface area contributed by atoms with E-state index in [0.29, 0.717) is 23.1 Å². The Bertz CT molecular complexity index is 1100. The van der Waals surface area contributed by atoms with Crippen molar-refractivity contribution in [3.05, 3.63) is 35.7 Å². The maximum atomic E-state index is 12.4. The van der Waals surface area contributed by atoms with Crippen LogP contribution in [0.3, 0.4) is 0 Å². The Labute approximate surface area is 173 Å². The number of aryl methyl sites for hydroxylation is 1. The van der Waals surface area contributed by atoms with Gasteiger partial charge in [-0.25, -0.2) is 10.4 Å². The summed E-state index contributed by atoms with van der Waals surface area (Å²) in [6.45, 7) is 1.75. The smallest absolute Gasteiger partial charge is 0.247 e. The minimum Gasteiger partial charge on any atom is -0.480 e. The van der Waals surface area contributed by atoms with Crippen LogP contribution in [0.1, 0.15) is 24.2 Å². The molecule has 1 amide bonds. The number of nitrogens with zero attached hydrogens (tertiary/aromatic N) is 6. The summed E-state index contributed by atoms with van der Waals surface area (Å²) >= 11 is 0. The number of hydrogen-bond acceptors (Lipinski definition) is 8. The fourth-order valence-corrected chi connectivity index (χ4v) is 3.60. The lowest BCUT2D eigenvalue weighted by Gasteiger charge is -2.19. The standard InChI is InChI=1S/C20H24N8O2/c1-27-15-8-4-3-7-14(15)23-16(27)11-17(29)26-22-12-13-18(28-9-5-6-10-28)24-20(21)25-19(13)30-2/h3-4,7-8,12H,5-6,9-11H2,1-2H3,(H,26,29)(H2,21,24,25)/b22-12+. The van der Waals surface area contributed by atoms with E-state index in [4.69, 9.17) is 10.5 Å². The lowest BCUT2D eigenvalue weighted by molar-refractivity contribution is -0.120. The normalized spacial score (nSPS) is 14.0. The van der Waals surface area contributed by atoms with Crippen LogP contribution in [0, 0.1) is 0 Å². The summed E-state index contributed by atoms with van der Waals surface area (Å²) < 4.78 is 7.26. The highest BCUT2D eigenvalue weighted by Gasteiger charge is 2.21. The van der Waals surface area contributed by atoms with E-state index in [1.165, 1.54) is 13.3 Å². The lowest BCUT2D eigenvalue weighted by Crippen LogP contribution is -2.24. The van der Waals surface area contributed by atoms with Gasteiger partial charge in [-0.15, -0.1) is 0 Å². The highest BCUT2D eigenvalue weighted by Crippen LogP contribution is 2.27. The van der Waals surface area contributed by atoms with Gasteiger partial charge in [0.15, 0.2) is 0 Å². The zero-order valence-electron chi connectivity index (χ0n) is 17.0. The Morgan fingerprint density at radius 2 is 2.03 bits per heavy atom. The molecule has 0 unspecified atom stereocenters. The van der Waals surface area contributed by atoms with E-state index in [1.54, 1.807) is 0 Å². The molecule has 4 rings (SSSR count). The Balaban J connectivity index is 1.51. The van der Waals surface area contributed by atoms with Gasteiger partial charge in [0, 0.05) is 20.1 Å². The average Bonchev–Trinajstić information content (AvgIpc) is 3.38. The van der Waals surface area contributed by atoms with Crippen LogP contribution in [0.2, 0.25) is 0 Å². The first-order valence-electron chi connectivity index (χ1n) is 9.75. The minimum absolute atomic E-state index is 0.108. The van der Waals surface area contributed by atoms with Gasteiger partial charge in [0.25, 0.3) is 0 Å². The second-order valence-electron chi connectivity index (χ2n) is 7.07. The molecular weight excluding hydrogens is 384 g/mol. The van der Waals surface area contributed by atoms with Crippen molar-refractivity contribution in [3.63, 3.8) is 0 Å². The molecule has 0 atom stereocenters. The third kappa shape index (κ3) is 3.88. The predicted octanol–water partition coefficient (Wildman–Crippen LogP) is 1.25. The number of carbonyl (C=O) groups excluding carboxylic acids is 1. The maximum absolute atomic E-state index is 12.4. The Hall–Kier alpha value is -3.69. The van der Waals surface area contributed by atoms with Crippen LogP contribution >= 0.6 is 0 Å². The number of benzene rings is 1. The minimum atomic E-state index is -0.275. The van der Waals surface area contributed by atoms with Crippen LogP contribution in [0.5, 0.6) is 5.88 Å². The van der Waals surface area contributed by atoms with Crippen molar-refractivity contribution in [1.29, 1.82) is 0 Å². The second-order valence-corrected chi connectivity index (χ2v) is 7.07. The fraction of sp³-hybridized carbons (Fsp3) is 0.350. The van der Waals surface area contributed by atoms with Gasteiger partial charge in [-0.05, 0) is 25.0 Å². The first-order chi connectivity index (χ1) is 14.6. The number of ether oxygens (including phenoxy) is 1. The molecule has 0 saturated carbocycles. The van der Waals surface area contributed by atoms with Gasteiger partial charge < -0.3 is 19.9 Å². The lowest BCUT2D eigenvalue weighted by atomic mass is 10.3. The molecule has 10 nitrogen and oxygen atoms in total. The van der Waals surface area contributed by atoms with Gasteiger partial charge in [-0.2, -0.15) is 15.1 Å². The topological polar surface area (TPSA) is 124 Å². The Kier molecular flexibility index (Phi) is 5.46. The Morgan fingerprint density at radius 3 is 2.77 bits per heavy atom. The molecule has 0 aliphatic carbocycles. The third-order valence-corrected chi connectivity index (χ3v) is 5.09. The number of methoxy groups -OCH3 is 1. The first kappa shape index (κ1) is 19.6. The van der Waals surface area contributed by atoms with Crippen LogP contribution in [0.15, 0.2) is 29.4 Å². The van der Waals surface area contributed by atoms with E-state index < -0.39 is 0 Å². The molecule has 0 spiro atoms. The van der Waals surface area contributed by atoms with Gasteiger partial charge >= 0.3 is 0 Å². The fourth-order valence-electron chi connectivity index (χ4n) is 3.60. The molecule has 1 fully saturated rings. The molecule has 1 aliphatic heterocycles. The number of amides is 1. The predicted molar refractivity (Wildman–Crippen MR) is 115 cm³/mol.